The molecule has 0 aliphatic carbocycles. The molecule has 0 amide bonds. The number of hydrogen-bond acceptors (Lipinski definition) is 7. The SMILES string of the molecule is CCOC(=O)C(CNc1ccc(OC)cc1OC)NS(=O)(=O)c1ccc(C)cc1. The zero-order valence-corrected chi connectivity index (χ0v) is 17.7. The van der Waals surface area contributed by atoms with Crippen molar-refractivity contribution in [1.82, 2.24) is 4.72 Å². The van der Waals surface area contributed by atoms with Gasteiger partial charge in [0, 0.05) is 12.6 Å². The van der Waals surface area contributed by atoms with Crippen molar-refractivity contribution in [2.24, 2.45) is 0 Å². The van der Waals surface area contributed by atoms with Gasteiger partial charge in [-0.2, -0.15) is 4.72 Å². The number of ether oxygens (including phenoxy) is 3. The fraction of sp³-hybridized carbons (Fsp3) is 0.350. The van der Waals surface area contributed by atoms with E-state index in [4.69, 9.17) is 14.2 Å². The van der Waals surface area contributed by atoms with E-state index in [1.54, 1.807) is 44.4 Å². The van der Waals surface area contributed by atoms with Crippen LogP contribution in [0.5, 0.6) is 11.5 Å². The zero-order valence-electron chi connectivity index (χ0n) is 16.9. The molecule has 1 atom stereocenters. The highest BCUT2D eigenvalue weighted by Crippen LogP contribution is 2.29. The van der Waals surface area contributed by atoms with Gasteiger partial charge in [0.15, 0.2) is 0 Å². The summed E-state index contributed by atoms with van der Waals surface area (Å²) in [4.78, 5) is 12.4. The summed E-state index contributed by atoms with van der Waals surface area (Å²) in [5.74, 6) is 0.422. The minimum absolute atomic E-state index is 0.0351. The standard InChI is InChI=1S/C20H26N2O6S/c1-5-28-20(23)18(22-29(24,25)16-9-6-14(2)7-10-16)13-21-17-11-8-15(26-3)12-19(17)27-4/h6-12,18,21-22H,5,13H2,1-4H3. The Kier molecular flexibility index (Phi) is 7.86. The maximum atomic E-state index is 12.7. The van der Waals surface area contributed by atoms with Crippen LogP contribution >= 0.6 is 0 Å². The zero-order chi connectivity index (χ0) is 21.4. The summed E-state index contributed by atoms with van der Waals surface area (Å²) in [5.41, 5.74) is 1.51. The molecule has 0 bridgehead atoms. The van der Waals surface area contributed by atoms with E-state index < -0.39 is 22.0 Å². The molecule has 0 radical (unpaired) electrons. The van der Waals surface area contributed by atoms with Gasteiger partial charge in [0.1, 0.15) is 17.5 Å². The second-order valence-corrected chi connectivity index (χ2v) is 7.90. The quantitative estimate of drug-likeness (QED) is 0.567. The predicted octanol–water partition coefficient (Wildman–Crippen LogP) is 2.33. The molecule has 0 aliphatic rings. The lowest BCUT2D eigenvalue weighted by molar-refractivity contribution is -0.144. The topological polar surface area (TPSA) is 103 Å². The first-order valence-corrected chi connectivity index (χ1v) is 10.5. The molecule has 1 unspecified atom stereocenters. The van der Waals surface area contributed by atoms with E-state index >= 15 is 0 Å². The molecule has 2 aromatic rings. The Bertz CT molecular complexity index is 928. The van der Waals surface area contributed by atoms with Gasteiger partial charge in [-0.05, 0) is 38.1 Å². The van der Waals surface area contributed by atoms with Gasteiger partial charge in [0.2, 0.25) is 10.0 Å². The van der Waals surface area contributed by atoms with Crippen molar-refractivity contribution >= 4 is 21.7 Å². The van der Waals surface area contributed by atoms with Crippen LogP contribution in [0.4, 0.5) is 5.69 Å². The maximum Gasteiger partial charge on any atom is 0.326 e. The predicted molar refractivity (Wildman–Crippen MR) is 110 cm³/mol. The second kappa shape index (κ2) is 10.1. The Hall–Kier alpha value is -2.78. The van der Waals surface area contributed by atoms with Crippen molar-refractivity contribution in [3.8, 4) is 11.5 Å². The van der Waals surface area contributed by atoms with Crippen molar-refractivity contribution in [1.29, 1.82) is 0 Å². The number of carbonyl (C=O) groups is 1. The summed E-state index contributed by atoms with van der Waals surface area (Å²) in [6.45, 7) is 3.61. The third-order valence-electron chi connectivity index (χ3n) is 4.11. The molecule has 0 aliphatic heterocycles. The highest BCUT2D eigenvalue weighted by Gasteiger charge is 2.27. The molecule has 0 spiro atoms. The summed E-state index contributed by atoms with van der Waals surface area (Å²) < 4.78 is 43.3. The van der Waals surface area contributed by atoms with E-state index in [1.165, 1.54) is 19.2 Å². The van der Waals surface area contributed by atoms with E-state index in [0.29, 0.717) is 17.2 Å². The van der Waals surface area contributed by atoms with Crippen molar-refractivity contribution < 1.29 is 27.4 Å². The average Bonchev–Trinajstić information content (AvgIpc) is 2.71. The van der Waals surface area contributed by atoms with Gasteiger partial charge in [0.25, 0.3) is 0 Å². The third kappa shape index (κ3) is 6.10. The molecule has 2 aromatic carbocycles. The van der Waals surface area contributed by atoms with Gasteiger partial charge in [-0.15, -0.1) is 0 Å². The number of anilines is 1. The van der Waals surface area contributed by atoms with Gasteiger partial charge < -0.3 is 19.5 Å². The summed E-state index contributed by atoms with van der Waals surface area (Å²) in [6.07, 6.45) is 0. The highest BCUT2D eigenvalue weighted by molar-refractivity contribution is 7.89. The number of hydrogen-bond donors (Lipinski definition) is 2. The summed E-state index contributed by atoms with van der Waals surface area (Å²) >= 11 is 0. The Morgan fingerprint density at radius 3 is 2.34 bits per heavy atom. The molecular formula is C20H26N2O6S. The first-order chi connectivity index (χ1) is 13.8. The minimum atomic E-state index is -3.91. The molecule has 9 heteroatoms. The number of rotatable bonds is 10. The number of nitrogens with one attached hydrogen (secondary N) is 2. The number of esters is 1. The smallest absolute Gasteiger partial charge is 0.326 e. The van der Waals surface area contributed by atoms with Crippen LogP contribution in [0.25, 0.3) is 0 Å². The molecule has 8 nitrogen and oxygen atoms in total. The van der Waals surface area contributed by atoms with Gasteiger partial charge in [-0.25, -0.2) is 8.42 Å². The molecular weight excluding hydrogens is 396 g/mol. The normalized spacial score (nSPS) is 12.1. The third-order valence-corrected chi connectivity index (χ3v) is 5.59. The number of aryl methyl sites for hydroxylation is 1. The molecule has 0 fully saturated rings. The van der Waals surface area contributed by atoms with Crippen LogP contribution in [-0.2, 0) is 19.6 Å². The number of benzene rings is 2. The van der Waals surface area contributed by atoms with E-state index in [0.717, 1.165) is 5.56 Å². The summed E-state index contributed by atoms with van der Waals surface area (Å²) in [6, 6.07) is 10.3. The number of carbonyl (C=O) groups excluding carboxylic acids is 1. The van der Waals surface area contributed by atoms with Crippen LogP contribution < -0.4 is 19.5 Å². The minimum Gasteiger partial charge on any atom is -0.497 e. The van der Waals surface area contributed by atoms with Crippen molar-refractivity contribution in [2.75, 3.05) is 32.7 Å². The molecule has 0 heterocycles. The fourth-order valence-corrected chi connectivity index (χ4v) is 3.73. The van der Waals surface area contributed by atoms with E-state index in [-0.39, 0.29) is 18.0 Å². The monoisotopic (exact) mass is 422 g/mol. The second-order valence-electron chi connectivity index (χ2n) is 6.19. The van der Waals surface area contributed by atoms with Crippen LogP contribution in [0.2, 0.25) is 0 Å². The van der Waals surface area contributed by atoms with Gasteiger partial charge >= 0.3 is 5.97 Å². The molecule has 0 saturated carbocycles. The van der Waals surface area contributed by atoms with Crippen LogP contribution in [0.3, 0.4) is 0 Å². The van der Waals surface area contributed by atoms with E-state index in [2.05, 4.69) is 10.0 Å². The Morgan fingerprint density at radius 2 is 1.76 bits per heavy atom. The Labute approximate surface area is 171 Å². The van der Waals surface area contributed by atoms with Gasteiger partial charge in [-0.3, -0.25) is 4.79 Å². The Morgan fingerprint density at radius 1 is 1.07 bits per heavy atom. The molecule has 0 aromatic heterocycles. The van der Waals surface area contributed by atoms with Crippen molar-refractivity contribution in [3.63, 3.8) is 0 Å². The highest BCUT2D eigenvalue weighted by atomic mass is 32.2. The van der Waals surface area contributed by atoms with E-state index in [9.17, 15) is 13.2 Å². The van der Waals surface area contributed by atoms with Crippen LogP contribution in [0.15, 0.2) is 47.4 Å². The van der Waals surface area contributed by atoms with Crippen LogP contribution in [-0.4, -0.2) is 47.8 Å². The first-order valence-electron chi connectivity index (χ1n) is 9.02. The molecule has 2 N–H and O–H groups in total. The molecule has 2 rings (SSSR count). The van der Waals surface area contributed by atoms with Crippen LogP contribution in [0, 0.1) is 6.92 Å². The number of methoxy groups -OCH3 is 2. The average molecular weight is 423 g/mol. The lowest BCUT2D eigenvalue weighted by atomic mass is 10.2. The van der Waals surface area contributed by atoms with Crippen LogP contribution in [0.1, 0.15) is 12.5 Å². The lowest BCUT2D eigenvalue weighted by Crippen LogP contribution is -2.46. The fourth-order valence-electron chi connectivity index (χ4n) is 2.55. The van der Waals surface area contributed by atoms with Gasteiger partial charge in [-0.1, -0.05) is 17.7 Å². The Balaban J connectivity index is 2.20. The molecule has 158 valence electrons. The summed E-state index contributed by atoms with van der Waals surface area (Å²) in [5, 5.41) is 3.03. The molecule has 0 saturated heterocycles. The first kappa shape index (κ1) is 22.5. The van der Waals surface area contributed by atoms with Crippen molar-refractivity contribution in [3.05, 3.63) is 48.0 Å². The largest absolute Gasteiger partial charge is 0.497 e. The van der Waals surface area contributed by atoms with Gasteiger partial charge in [0.05, 0.1) is 31.4 Å². The van der Waals surface area contributed by atoms with E-state index in [1.807, 2.05) is 6.92 Å². The lowest BCUT2D eigenvalue weighted by Gasteiger charge is -2.20. The number of sulfonamides is 1. The summed E-state index contributed by atoms with van der Waals surface area (Å²) in [7, 11) is -0.869. The maximum absolute atomic E-state index is 12.7. The molecule has 29 heavy (non-hydrogen) atoms. The van der Waals surface area contributed by atoms with Crippen molar-refractivity contribution in [2.45, 2.75) is 24.8 Å².